The summed E-state index contributed by atoms with van der Waals surface area (Å²) in [6, 6.07) is 9.67. The van der Waals surface area contributed by atoms with Crippen LogP contribution in [0.2, 0.25) is 0 Å². The molecule has 2 aromatic carbocycles. The van der Waals surface area contributed by atoms with Crippen molar-refractivity contribution in [3.8, 4) is 11.1 Å². The van der Waals surface area contributed by atoms with Crippen molar-refractivity contribution in [2.24, 2.45) is 0 Å². The molecule has 0 fully saturated rings. The minimum atomic E-state index is -4.72. The van der Waals surface area contributed by atoms with Gasteiger partial charge >= 0.3 is 12.1 Å². The fourth-order valence-corrected chi connectivity index (χ4v) is 3.75. The predicted molar refractivity (Wildman–Crippen MR) is 105 cm³/mol. The van der Waals surface area contributed by atoms with Crippen molar-refractivity contribution >= 4 is 28.2 Å². The van der Waals surface area contributed by atoms with E-state index in [2.05, 4.69) is 5.32 Å². The summed E-state index contributed by atoms with van der Waals surface area (Å²) in [6.45, 7) is 1.65. The molecule has 0 aliphatic carbocycles. The summed E-state index contributed by atoms with van der Waals surface area (Å²) in [6.07, 6.45) is -4.72. The molecular weight excluding hydrogens is 422 g/mol. The lowest BCUT2D eigenvalue weighted by molar-refractivity contribution is -0.137. The van der Waals surface area contributed by atoms with Gasteiger partial charge in [0.2, 0.25) is 0 Å². The Labute approximate surface area is 173 Å². The number of amides is 1. The summed E-state index contributed by atoms with van der Waals surface area (Å²) in [4.78, 5) is 25.1. The minimum Gasteiger partial charge on any atom is -0.462 e. The molecule has 0 aliphatic heterocycles. The maximum Gasteiger partial charge on any atom is 0.417 e. The number of halogens is 4. The van der Waals surface area contributed by atoms with Gasteiger partial charge in [-0.25, -0.2) is 9.18 Å². The fourth-order valence-electron chi connectivity index (χ4n) is 2.80. The molecule has 1 N–H and O–H groups in total. The maximum absolute atomic E-state index is 13.2. The lowest BCUT2D eigenvalue weighted by Crippen LogP contribution is -2.19. The van der Waals surface area contributed by atoms with E-state index < -0.39 is 35.0 Å². The number of benzene rings is 2. The highest BCUT2D eigenvalue weighted by Gasteiger charge is 2.35. The maximum atomic E-state index is 13.2. The van der Waals surface area contributed by atoms with Crippen molar-refractivity contribution in [2.75, 3.05) is 11.9 Å². The molecule has 0 atom stereocenters. The first kappa shape index (κ1) is 21.5. The summed E-state index contributed by atoms with van der Waals surface area (Å²) in [7, 11) is 0. The molecule has 0 radical (unpaired) electrons. The number of alkyl halides is 3. The summed E-state index contributed by atoms with van der Waals surface area (Å²) >= 11 is 0.958. The molecule has 0 aliphatic rings. The molecule has 0 bridgehead atoms. The van der Waals surface area contributed by atoms with Crippen LogP contribution in [0.25, 0.3) is 11.1 Å². The van der Waals surface area contributed by atoms with Crippen molar-refractivity contribution < 1.29 is 31.9 Å². The van der Waals surface area contributed by atoms with Gasteiger partial charge in [-0.1, -0.05) is 24.3 Å². The Morgan fingerprint density at radius 1 is 1.07 bits per heavy atom. The fraction of sp³-hybridized carbons (Fsp3) is 0.143. The number of carbonyl (C=O) groups is 2. The second-order valence-corrected chi connectivity index (χ2v) is 6.96. The third-order valence-electron chi connectivity index (χ3n) is 4.13. The van der Waals surface area contributed by atoms with E-state index in [0.29, 0.717) is 11.1 Å². The lowest BCUT2D eigenvalue weighted by Gasteiger charge is -2.13. The van der Waals surface area contributed by atoms with Crippen LogP contribution in [-0.2, 0) is 10.9 Å². The van der Waals surface area contributed by atoms with Crippen molar-refractivity contribution in [2.45, 2.75) is 13.1 Å². The van der Waals surface area contributed by atoms with Gasteiger partial charge in [0.05, 0.1) is 17.7 Å². The van der Waals surface area contributed by atoms with E-state index in [-0.39, 0.29) is 17.2 Å². The quantitative estimate of drug-likeness (QED) is 0.393. The Kier molecular flexibility index (Phi) is 6.21. The van der Waals surface area contributed by atoms with Gasteiger partial charge in [0.25, 0.3) is 5.91 Å². The molecule has 4 nitrogen and oxygen atoms in total. The van der Waals surface area contributed by atoms with E-state index in [1.165, 1.54) is 36.4 Å². The molecule has 0 spiro atoms. The van der Waals surface area contributed by atoms with Gasteiger partial charge < -0.3 is 10.1 Å². The normalized spacial score (nSPS) is 11.2. The van der Waals surface area contributed by atoms with E-state index in [9.17, 15) is 27.2 Å². The molecule has 30 heavy (non-hydrogen) atoms. The SMILES string of the molecule is CCOC(=O)c1c(-c2ccc(F)cc2)csc1NC(=O)c1ccccc1C(F)(F)F. The van der Waals surface area contributed by atoms with E-state index in [4.69, 9.17) is 4.74 Å². The summed E-state index contributed by atoms with van der Waals surface area (Å²) < 4.78 is 58.0. The van der Waals surface area contributed by atoms with Gasteiger partial charge in [0.15, 0.2) is 0 Å². The van der Waals surface area contributed by atoms with Gasteiger partial charge in [-0.3, -0.25) is 4.79 Å². The predicted octanol–water partition coefficient (Wildman–Crippen LogP) is 6.00. The minimum absolute atomic E-state index is 0.00806. The second-order valence-electron chi connectivity index (χ2n) is 6.08. The van der Waals surface area contributed by atoms with Gasteiger partial charge in [-0.15, -0.1) is 11.3 Å². The van der Waals surface area contributed by atoms with Gasteiger partial charge in [-0.2, -0.15) is 13.2 Å². The smallest absolute Gasteiger partial charge is 0.417 e. The van der Waals surface area contributed by atoms with Crippen LogP contribution >= 0.6 is 11.3 Å². The zero-order chi connectivity index (χ0) is 21.9. The summed E-state index contributed by atoms with van der Waals surface area (Å²) in [5.41, 5.74) is -0.803. The molecule has 3 aromatic rings. The number of hydrogen-bond donors (Lipinski definition) is 1. The van der Waals surface area contributed by atoms with Crippen LogP contribution in [0.3, 0.4) is 0 Å². The molecule has 1 amide bonds. The number of anilines is 1. The van der Waals surface area contributed by atoms with Crippen LogP contribution in [-0.4, -0.2) is 18.5 Å². The number of esters is 1. The Balaban J connectivity index is 2.02. The Bertz CT molecular complexity index is 1070. The highest BCUT2D eigenvalue weighted by Crippen LogP contribution is 2.37. The zero-order valence-electron chi connectivity index (χ0n) is 15.5. The third kappa shape index (κ3) is 4.51. The Hall–Kier alpha value is -3.20. The molecule has 156 valence electrons. The number of carbonyl (C=O) groups excluding carboxylic acids is 2. The Morgan fingerprint density at radius 3 is 2.37 bits per heavy atom. The second kappa shape index (κ2) is 8.66. The summed E-state index contributed by atoms with van der Waals surface area (Å²) in [5.74, 6) is -2.23. The third-order valence-corrected chi connectivity index (χ3v) is 5.03. The van der Waals surface area contributed by atoms with E-state index in [1.54, 1.807) is 12.3 Å². The first-order valence-corrected chi connectivity index (χ1v) is 9.62. The van der Waals surface area contributed by atoms with Crippen molar-refractivity contribution in [1.29, 1.82) is 0 Å². The highest BCUT2D eigenvalue weighted by atomic mass is 32.1. The number of thiophene rings is 1. The average Bonchev–Trinajstić information content (AvgIpc) is 3.11. The first-order valence-electron chi connectivity index (χ1n) is 8.74. The van der Waals surface area contributed by atoms with Crippen molar-refractivity contribution in [3.05, 3.63) is 76.4 Å². The van der Waals surface area contributed by atoms with E-state index in [0.717, 1.165) is 23.5 Å². The van der Waals surface area contributed by atoms with Crippen molar-refractivity contribution in [3.63, 3.8) is 0 Å². The molecular formula is C21H15F4NO3S. The van der Waals surface area contributed by atoms with E-state index >= 15 is 0 Å². The van der Waals surface area contributed by atoms with E-state index in [1.807, 2.05) is 0 Å². The number of nitrogens with one attached hydrogen (secondary N) is 1. The van der Waals surface area contributed by atoms with Crippen LogP contribution < -0.4 is 5.32 Å². The zero-order valence-corrected chi connectivity index (χ0v) is 16.4. The number of ether oxygens (including phenoxy) is 1. The lowest BCUT2D eigenvalue weighted by atomic mass is 10.0. The molecule has 1 heterocycles. The van der Waals surface area contributed by atoms with Crippen LogP contribution in [0.15, 0.2) is 53.9 Å². The topological polar surface area (TPSA) is 55.4 Å². The highest BCUT2D eigenvalue weighted by molar-refractivity contribution is 7.15. The molecule has 0 saturated carbocycles. The number of rotatable bonds is 5. The van der Waals surface area contributed by atoms with Gasteiger partial charge in [0, 0.05) is 10.9 Å². The Morgan fingerprint density at radius 2 is 1.73 bits per heavy atom. The van der Waals surface area contributed by atoms with Crippen LogP contribution in [0, 0.1) is 5.82 Å². The van der Waals surface area contributed by atoms with Crippen LogP contribution in [0.4, 0.5) is 22.6 Å². The number of hydrogen-bond acceptors (Lipinski definition) is 4. The molecule has 3 rings (SSSR count). The monoisotopic (exact) mass is 437 g/mol. The van der Waals surface area contributed by atoms with Gasteiger partial charge in [0.1, 0.15) is 16.4 Å². The molecule has 0 saturated heterocycles. The molecule has 0 unspecified atom stereocenters. The van der Waals surface area contributed by atoms with Crippen LogP contribution in [0.5, 0.6) is 0 Å². The standard InChI is InChI=1S/C21H15F4NO3S/c1-2-29-20(28)17-15(12-7-9-13(22)10-8-12)11-30-19(17)26-18(27)14-5-3-4-6-16(14)21(23,24)25/h3-11H,2H2,1H3,(H,26,27). The molecule has 1 aromatic heterocycles. The largest absolute Gasteiger partial charge is 0.462 e. The average molecular weight is 437 g/mol. The summed E-state index contributed by atoms with van der Waals surface area (Å²) in [5, 5.41) is 3.97. The molecule has 9 heteroatoms. The van der Waals surface area contributed by atoms with Gasteiger partial charge in [-0.05, 0) is 36.8 Å². The van der Waals surface area contributed by atoms with Crippen molar-refractivity contribution in [1.82, 2.24) is 0 Å². The van der Waals surface area contributed by atoms with Crippen LogP contribution in [0.1, 0.15) is 33.2 Å². The first-order chi connectivity index (χ1) is 14.2.